The van der Waals surface area contributed by atoms with E-state index in [1.54, 1.807) is 19.3 Å². The molecule has 8 saturated carbocycles. The zero-order valence-electron chi connectivity index (χ0n) is 9.05. The quantitative estimate of drug-likeness (QED) is 0.561. The van der Waals surface area contributed by atoms with Gasteiger partial charge >= 0.3 is 0 Å². The summed E-state index contributed by atoms with van der Waals surface area (Å²) in [4.78, 5) is 0. The summed E-state index contributed by atoms with van der Waals surface area (Å²) >= 11 is 0. The van der Waals surface area contributed by atoms with Crippen LogP contribution in [-0.2, 0) is 0 Å². The molecule has 0 saturated heterocycles. The summed E-state index contributed by atoms with van der Waals surface area (Å²) in [6, 6.07) is 0. The van der Waals surface area contributed by atoms with Crippen LogP contribution in [0.4, 0.5) is 0 Å². The second-order valence-corrected chi connectivity index (χ2v) is 8.15. The molecule has 0 nitrogen and oxygen atoms in total. The van der Waals surface area contributed by atoms with Crippen LogP contribution in [0.3, 0.4) is 0 Å². The molecule has 0 aromatic heterocycles. The van der Waals surface area contributed by atoms with Crippen molar-refractivity contribution in [1.82, 2.24) is 0 Å². The number of rotatable bonds is 0. The second-order valence-electron chi connectivity index (χ2n) is 8.15. The van der Waals surface area contributed by atoms with Crippen molar-refractivity contribution in [2.75, 3.05) is 0 Å². The first kappa shape index (κ1) is 6.67. The number of hydrogen-bond donors (Lipinski definition) is 0. The van der Waals surface area contributed by atoms with Gasteiger partial charge in [-0.15, -0.1) is 0 Å². The molecule has 2 unspecified atom stereocenters. The molecule has 0 radical (unpaired) electrons. The Morgan fingerprint density at radius 2 is 0.667 bits per heavy atom. The maximum Gasteiger partial charge on any atom is -0.0315 e. The molecule has 8 rings (SSSR count). The Kier molecular flexibility index (Phi) is 0.691. The lowest BCUT2D eigenvalue weighted by Gasteiger charge is -2.48. The molecule has 0 heteroatoms. The first-order valence-electron chi connectivity index (χ1n) is 7.45. The topological polar surface area (TPSA) is 0 Å². The van der Waals surface area contributed by atoms with Crippen molar-refractivity contribution in [2.45, 2.75) is 19.3 Å². The maximum absolute atomic E-state index is 1.72. The highest BCUT2D eigenvalue weighted by molar-refractivity contribution is 5.31. The Morgan fingerprint density at radius 1 is 0.333 bits per heavy atom. The van der Waals surface area contributed by atoms with Crippen molar-refractivity contribution in [3.05, 3.63) is 0 Å². The van der Waals surface area contributed by atoms with Crippen LogP contribution in [0, 0.1) is 71.0 Å². The lowest BCUT2D eigenvalue weighted by atomic mass is 9.56. The molecule has 6 bridgehead atoms. The lowest BCUT2D eigenvalue weighted by molar-refractivity contribution is -0.00468. The fraction of sp³-hybridized carbons (Fsp3) is 1.00. The first-order chi connectivity index (χ1) is 7.45. The van der Waals surface area contributed by atoms with Gasteiger partial charge in [-0.1, -0.05) is 0 Å². The predicted molar refractivity (Wildman–Crippen MR) is 55.7 cm³/mol. The van der Waals surface area contributed by atoms with Crippen molar-refractivity contribution in [3.63, 3.8) is 0 Å². The zero-order chi connectivity index (χ0) is 9.05. The van der Waals surface area contributed by atoms with Crippen LogP contribution < -0.4 is 0 Å². The van der Waals surface area contributed by atoms with Gasteiger partial charge in [0.15, 0.2) is 0 Å². The summed E-state index contributed by atoms with van der Waals surface area (Å²) in [5.74, 6) is 15.4. The second kappa shape index (κ2) is 1.56. The standard InChI is InChI=1S/C15H18/c1-4-6-2-7-5(1)11-8-3-9-14(10(4)8)12(6)13(7)15(9)11/h4-15H,1-3H2/t4-,5+,6-,7-,8?,9?,10+,11-,12-,13+,14-,15+/m0/s1. The Hall–Kier alpha value is 0. The summed E-state index contributed by atoms with van der Waals surface area (Å²) in [6.45, 7) is 0. The van der Waals surface area contributed by atoms with Crippen molar-refractivity contribution in [3.8, 4) is 0 Å². The largest absolute Gasteiger partial charge is 0.0465 e. The van der Waals surface area contributed by atoms with Gasteiger partial charge in [-0.25, -0.2) is 0 Å². The highest BCUT2D eigenvalue weighted by atomic mass is 14.9. The van der Waals surface area contributed by atoms with E-state index in [4.69, 9.17) is 0 Å². The third kappa shape index (κ3) is 0.389. The van der Waals surface area contributed by atoms with Crippen molar-refractivity contribution < 1.29 is 0 Å². The van der Waals surface area contributed by atoms with E-state index in [0.29, 0.717) is 0 Å². The van der Waals surface area contributed by atoms with Crippen LogP contribution in [0.2, 0.25) is 0 Å². The monoisotopic (exact) mass is 198 g/mol. The fourth-order valence-corrected chi connectivity index (χ4v) is 9.64. The van der Waals surface area contributed by atoms with E-state index in [2.05, 4.69) is 0 Å². The zero-order valence-corrected chi connectivity index (χ0v) is 9.05. The summed E-state index contributed by atoms with van der Waals surface area (Å²) < 4.78 is 0. The summed E-state index contributed by atoms with van der Waals surface area (Å²) in [7, 11) is 0. The lowest BCUT2D eigenvalue weighted by Crippen LogP contribution is -2.43. The SMILES string of the molecule is C1C2[C@@H]3[C@@H]4C[C@H]5[C@@H]6C[C@@H]4[C@H]4[C@@H]3C1[C@@H]([C@@H]25)[C@@H]64. The summed E-state index contributed by atoms with van der Waals surface area (Å²) in [5, 5.41) is 0. The van der Waals surface area contributed by atoms with Gasteiger partial charge in [-0.05, 0) is 90.3 Å². The molecule has 0 aromatic carbocycles. The molecule has 8 fully saturated rings. The minimum atomic E-state index is 1.26. The van der Waals surface area contributed by atoms with Crippen LogP contribution in [0.5, 0.6) is 0 Å². The smallest absolute Gasteiger partial charge is 0.0315 e. The third-order valence-electron chi connectivity index (χ3n) is 8.91. The van der Waals surface area contributed by atoms with Gasteiger partial charge in [0.2, 0.25) is 0 Å². The minimum Gasteiger partial charge on any atom is -0.0465 e. The average Bonchev–Trinajstić information content (AvgIpc) is 2.97. The van der Waals surface area contributed by atoms with Crippen LogP contribution in [0.25, 0.3) is 0 Å². The molecule has 0 N–H and O–H groups in total. The Balaban J connectivity index is 1.71. The molecule has 78 valence electrons. The molecule has 0 aliphatic heterocycles. The van der Waals surface area contributed by atoms with E-state index < -0.39 is 0 Å². The summed E-state index contributed by atoms with van der Waals surface area (Å²) in [5.41, 5.74) is 0. The minimum absolute atomic E-state index is 1.26. The van der Waals surface area contributed by atoms with E-state index in [1.165, 1.54) is 71.0 Å². The van der Waals surface area contributed by atoms with Gasteiger partial charge in [-0.2, -0.15) is 0 Å². The third-order valence-corrected chi connectivity index (χ3v) is 8.91. The van der Waals surface area contributed by atoms with Crippen LogP contribution in [-0.4, -0.2) is 0 Å². The first-order valence-corrected chi connectivity index (χ1v) is 7.45. The fourth-order valence-electron chi connectivity index (χ4n) is 9.64. The molecule has 8 aliphatic rings. The maximum atomic E-state index is 1.72. The van der Waals surface area contributed by atoms with Crippen LogP contribution in [0.1, 0.15) is 19.3 Å². The van der Waals surface area contributed by atoms with Gasteiger partial charge in [0.25, 0.3) is 0 Å². The van der Waals surface area contributed by atoms with Gasteiger partial charge < -0.3 is 0 Å². The van der Waals surface area contributed by atoms with E-state index in [0.717, 1.165) is 0 Å². The van der Waals surface area contributed by atoms with E-state index in [-0.39, 0.29) is 0 Å². The molecule has 0 amide bonds. The van der Waals surface area contributed by atoms with Crippen LogP contribution >= 0.6 is 0 Å². The predicted octanol–water partition coefficient (Wildman–Crippen LogP) is 2.65. The van der Waals surface area contributed by atoms with Gasteiger partial charge in [-0.3, -0.25) is 0 Å². The molecule has 0 heterocycles. The van der Waals surface area contributed by atoms with Crippen LogP contribution in [0.15, 0.2) is 0 Å². The summed E-state index contributed by atoms with van der Waals surface area (Å²) in [6.07, 6.45) is 5.14. The van der Waals surface area contributed by atoms with E-state index in [9.17, 15) is 0 Å². The van der Waals surface area contributed by atoms with Gasteiger partial charge in [0.1, 0.15) is 0 Å². The number of hydrogen-bond acceptors (Lipinski definition) is 0. The molecular weight excluding hydrogens is 180 g/mol. The molecule has 12 atom stereocenters. The molecule has 0 aromatic rings. The Morgan fingerprint density at radius 3 is 1.27 bits per heavy atom. The van der Waals surface area contributed by atoms with E-state index in [1.807, 2.05) is 0 Å². The van der Waals surface area contributed by atoms with Crippen molar-refractivity contribution in [1.29, 1.82) is 0 Å². The average molecular weight is 198 g/mol. The molecular formula is C15H18. The van der Waals surface area contributed by atoms with Gasteiger partial charge in [0.05, 0.1) is 0 Å². The highest BCUT2D eigenvalue weighted by Crippen LogP contribution is 2.89. The molecule has 8 aliphatic carbocycles. The van der Waals surface area contributed by atoms with Crippen molar-refractivity contribution in [2.24, 2.45) is 71.0 Å². The normalized spacial score (nSPS) is 91.2. The Labute approximate surface area is 90.8 Å². The highest BCUT2D eigenvalue weighted by Gasteiger charge is 2.84. The Bertz CT molecular complexity index is 374. The van der Waals surface area contributed by atoms with Gasteiger partial charge in [0, 0.05) is 0 Å². The molecule has 0 spiro atoms. The van der Waals surface area contributed by atoms with Crippen molar-refractivity contribution >= 4 is 0 Å². The molecule has 15 heavy (non-hydrogen) atoms. The van der Waals surface area contributed by atoms with E-state index >= 15 is 0 Å².